The highest BCUT2D eigenvalue weighted by atomic mass is 15.2. The van der Waals surface area contributed by atoms with Gasteiger partial charge in [0.1, 0.15) is 12.2 Å². The summed E-state index contributed by atoms with van der Waals surface area (Å²) in [5.74, 6) is 0. The summed E-state index contributed by atoms with van der Waals surface area (Å²) in [5, 5.41) is 7.62. The summed E-state index contributed by atoms with van der Waals surface area (Å²) in [6, 6.07) is 56.6. The van der Waals surface area contributed by atoms with Gasteiger partial charge >= 0.3 is 0 Å². The molecule has 0 aromatic heterocycles. The van der Waals surface area contributed by atoms with E-state index >= 15 is 0 Å². The summed E-state index contributed by atoms with van der Waals surface area (Å²) in [6.07, 6.45) is 15.6. The molecule has 1 aliphatic heterocycles. The number of rotatable bonds is 13. The van der Waals surface area contributed by atoms with Crippen molar-refractivity contribution >= 4 is 44.2 Å². The van der Waals surface area contributed by atoms with Crippen molar-refractivity contribution in [2.75, 3.05) is 10.6 Å². The molecule has 0 saturated heterocycles. The summed E-state index contributed by atoms with van der Waals surface area (Å²) in [4.78, 5) is 2.54. The highest BCUT2D eigenvalue weighted by Gasteiger charge is 2.43. The van der Waals surface area contributed by atoms with Gasteiger partial charge in [0.15, 0.2) is 0 Å². The lowest BCUT2D eigenvalue weighted by Gasteiger charge is -2.29. The summed E-state index contributed by atoms with van der Waals surface area (Å²) < 4.78 is 0. The average molecular weight is 771 g/mol. The second-order valence-corrected chi connectivity index (χ2v) is 16.8. The van der Waals surface area contributed by atoms with Gasteiger partial charge in [0.25, 0.3) is 0 Å². The van der Waals surface area contributed by atoms with Gasteiger partial charge in [-0.3, -0.25) is 0 Å². The first-order valence-corrected chi connectivity index (χ1v) is 21.1. The van der Waals surface area contributed by atoms with Gasteiger partial charge in [0, 0.05) is 40.2 Å². The SMILES string of the molecule is CCC1(C)\C(=C/C=C/C(=C/C=C/CC(C)(C)c2c([NH2+]Cc3ccccc3)ccc3ccccc23)c2ccc(N)cc2)N(Cc2ccccc2)c2ccc3ccccc3c21. The van der Waals surface area contributed by atoms with E-state index in [0.29, 0.717) is 0 Å². The van der Waals surface area contributed by atoms with E-state index in [2.05, 4.69) is 220 Å². The molecule has 3 heteroatoms. The number of nitrogens with zero attached hydrogens (tertiary/aromatic N) is 1. The van der Waals surface area contributed by atoms with Crippen molar-refractivity contribution in [3.8, 4) is 0 Å². The van der Waals surface area contributed by atoms with Crippen LogP contribution >= 0.6 is 0 Å². The molecule has 0 amide bonds. The highest BCUT2D eigenvalue weighted by Crippen LogP contribution is 2.53. The van der Waals surface area contributed by atoms with Crippen LogP contribution in [0.5, 0.6) is 0 Å². The van der Waals surface area contributed by atoms with Crippen molar-refractivity contribution < 1.29 is 5.32 Å². The molecule has 0 fully saturated rings. The molecule has 7 aromatic rings. The quantitative estimate of drug-likeness (QED) is 0.0906. The van der Waals surface area contributed by atoms with Gasteiger partial charge < -0.3 is 16.0 Å². The van der Waals surface area contributed by atoms with Gasteiger partial charge in [-0.2, -0.15) is 0 Å². The predicted octanol–water partition coefficient (Wildman–Crippen LogP) is 13.1. The predicted molar refractivity (Wildman–Crippen MR) is 253 cm³/mol. The topological polar surface area (TPSA) is 45.9 Å². The lowest BCUT2D eigenvalue weighted by atomic mass is 9.77. The number of anilines is 2. The fourth-order valence-electron chi connectivity index (χ4n) is 9.05. The molecule has 0 bridgehead atoms. The number of hydrogen-bond acceptors (Lipinski definition) is 2. The van der Waals surface area contributed by atoms with Gasteiger partial charge in [-0.05, 0) is 105 Å². The van der Waals surface area contributed by atoms with Crippen LogP contribution in [-0.4, -0.2) is 0 Å². The lowest BCUT2D eigenvalue weighted by molar-refractivity contribution is -0.589. The first-order valence-electron chi connectivity index (χ1n) is 21.1. The van der Waals surface area contributed by atoms with Gasteiger partial charge in [-0.15, -0.1) is 0 Å². The fraction of sp³-hybridized carbons (Fsp3) is 0.179. The molecule has 4 N–H and O–H groups in total. The van der Waals surface area contributed by atoms with Crippen LogP contribution in [0, 0.1) is 0 Å². The van der Waals surface area contributed by atoms with E-state index in [1.807, 2.05) is 12.1 Å². The van der Waals surface area contributed by atoms with Crippen LogP contribution in [0.1, 0.15) is 68.4 Å². The maximum Gasteiger partial charge on any atom is 0.134 e. The first kappa shape index (κ1) is 39.4. The number of fused-ring (bicyclic) bond motifs is 4. The fourth-order valence-corrected chi connectivity index (χ4v) is 9.05. The minimum absolute atomic E-state index is 0.107. The van der Waals surface area contributed by atoms with Crippen molar-refractivity contribution in [2.24, 2.45) is 0 Å². The normalized spacial score (nSPS) is 16.6. The van der Waals surface area contributed by atoms with Crippen molar-refractivity contribution in [3.63, 3.8) is 0 Å². The van der Waals surface area contributed by atoms with E-state index < -0.39 is 0 Å². The van der Waals surface area contributed by atoms with Crippen molar-refractivity contribution in [1.29, 1.82) is 0 Å². The number of benzene rings is 7. The van der Waals surface area contributed by atoms with Gasteiger partial charge in [-0.25, -0.2) is 0 Å². The third kappa shape index (κ3) is 8.30. The molecule has 0 aliphatic carbocycles. The molecule has 8 rings (SSSR count). The molecule has 1 heterocycles. The van der Waals surface area contributed by atoms with Gasteiger partial charge in [-0.1, -0.05) is 179 Å². The van der Waals surface area contributed by atoms with Crippen LogP contribution in [0.4, 0.5) is 17.1 Å². The summed E-state index contributed by atoms with van der Waals surface area (Å²) >= 11 is 0. The number of hydrogen-bond donors (Lipinski definition) is 2. The second kappa shape index (κ2) is 17.2. The maximum absolute atomic E-state index is 6.18. The van der Waals surface area contributed by atoms with Crippen molar-refractivity contribution in [1.82, 2.24) is 0 Å². The van der Waals surface area contributed by atoms with Crippen LogP contribution in [0.3, 0.4) is 0 Å². The average Bonchev–Trinajstić information content (AvgIpc) is 3.51. The Hall–Kier alpha value is -6.42. The van der Waals surface area contributed by atoms with Gasteiger partial charge in [0.2, 0.25) is 0 Å². The lowest BCUT2D eigenvalue weighted by Crippen LogP contribution is -2.76. The number of nitrogens with two attached hydrogens (primary N) is 2. The summed E-state index contributed by atoms with van der Waals surface area (Å²) in [6.45, 7) is 11.2. The number of allylic oxidation sites excluding steroid dienone is 8. The second-order valence-electron chi connectivity index (χ2n) is 16.8. The number of quaternary nitrogens is 1. The van der Waals surface area contributed by atoms with E-state index in [4.69, 9.17) is 5.73 Å². The van der Waals surface area contributed by atoms with E-state index in [1.54, 1.807) is 0 Å². The highest BCUT2D eigenvalue weighted by molar-refractivity contribution is 5.95. The Morgan fingerprint density at radius 2 is 1.32 bits per heavy atom. The third-order valence-electron chi connectivity index (χ3n) is 12.3. The zero-order valence-corrected chi connectivity index (χ0v) is 34.9. The minimum Gasteiger partial charge on any atom is -0.399 e. The smallest absolute Gasteiger partial charge is 0.134 e. The standard InChI is InChI=1S/C56H55N3/c1-5-56(4)52(59(40-42-21-10-7-11-22-42)51-37-33-46-25-13-15-28-49(46)54(51)56)29-18-26-43(44-30-34-47(57)35-31-44)23-16-17-38-55(2,3)53-48-27-14-12-24-45(48)32-36-50(53)58-39-41-19-8-6-9-20-41/h6-37,58H,5,38-40,57H2,1-4H3/p+1/b17-16+,26-18+,43-23-,52-29+. The summed E-state index contributed by atoms with van der Waals surface area (Å²) in [5.41, 5.74) is 18.3. The monoisotopic (exact) mass is 770 g/mol. The van der Waals surface area contributed by atoms with E-state index in [9.17, 15) is 0 Å². The Balaban J connectivity index is 1.12. The molecule has 7 aromatic carbocycles. The zero-order valence-electron chi connectivity index (χ0n) is 34.9. The molecule has 3 nitrogen and oxygen atoms in total. The van der Waals surface area contributed by atoms with Crippen LogP contribution in [0.25, 0.3) is 27.1 Å². The molecule has 1 atom stereocenters. The molecular weight excluding hydrogens is 715 g/mol. The Morgan fingerprint density at radius 1 is 0.695 bits per heavy atom. The molecule has 1 aliphatic rings. The Labute approximate surface area is 350 Å². The molecule has 1 unspecified atom stereocenters. The molecule has 0 radical (unpaired) electrons. The van der Waals surface area contributed by atoms with E-state index in [-0.39, 0.29) is 10.8 Å². The van der Waals surface area contributed by atoms with Crippen LogP contribution in [-0.2, 0) is 23.9 Å². The Kier molecular flexibility index (Phi) is 11.5. The Bertz CT molecular complexity index is 2680. The number of nitrogen functional groups attached to an aromatic ring is 1. The minimum atomic E-state index is -0.162. The van der Waals surface area contributed by atoms with Crippen LogP contribution in [0.15, 0.2) is 200 Å². The molecule has 0 spiro atoms. The summed E-state index contributed by atoms with van der Waals surface area (Å²) in [7, 11) is 0. The van der Waals surface area contributed by atoms with Gasteiger partial charge in [0.05, 0.1) is 0 Å². The molecule has 0 saturated carbocycles. The van der Waals surface area contributed by atoms with Crippen molar-refractivity contribution in [2.45, 2.75) is 64.5 Å². The van der Waals surface area contributed by atoms with Crippen LogP contribution in [0.2, 0.25) is 0 Å². The third-order valence-corrected chi connectivity index (χ3v) is 12.3. The van der Waals surface area contributed by atoms with Crippen LogP contribution < -0.4 is 16.0 Å². The first-order chi connectivity index (χ1) is 28.7. The largest absolute Gasteiger partial charge is 0.399 e. The van der Waals surface area contributed by atoms with Crippen molar-refractivity contribution in [3.05, 3.63) is 228 Å². The van der Waals surface area contributed by atoms with E-state index in [1.165, 1.54) is 60.9 Å². The Morgan fingerprint density at radius 3 is 2.03 bits per heavy atom. The molecular formula is C56H56N3+. The zero-order chi connectivity index (χ0) is 40.8. The maximum atomic E-state index is 6.18. The molecule has 59 heavy (non-hydrogen) atoms. The van der Waals surface area contributed by atoms with E-state index in [0.717, 1.165) is 42.8 Å². The molecule has 294 valence electrons.